The first kappa shape index (κ1) is 16.1. The molecular formula is C13H26N4O2. The fourth-order valence-corrected chi connectivity index (χ4v) is 1.68. The highest BCUT2D eigenvalue weighted by atomic mass is 16.5. The van der Waals surface area contributed by atoms with E-state index in [-0.39, 0.29) is 0 Å². The summed E-state index contributed by atoms with van der Waals surface area (Å²) in [6.07, 6.45) is 1.06. The highest BCUT2D eigenvalue weighted by molar-refractivity contribution is 4.99. The largest absolute Gasteiger partial charge is 0.383 e. The van der Waals surface area contributed by atoms with Crippen molar-refractivity contribution in [1.82, 2.24) is 15.0 Å². The summed E-state index contributed by atoms with van der Waals surface area (Å²) in [5.74, 6) is 1.14. The first-order valence-electron chi connectivity index (χ1n) is 6.73. The smallest absolute Gasteiger partial charge is 0.240 e. The van der Waals surface area contributed by atoms with Gasteiger partial charge in [-0.05, 0) is 27.2 Å². The van der Waals surface area contributed by atoms with Crippen LogP contribution in [-0.2, 0) is 16.8 Å². The first-order valence-corrected chi connectivity index (χ1v) is 6.73. The van der Waals surface area contributed by atoms with Crippen LogP contribution in [0.15, 0.2) is 4.52 Å². The Labute approximate surface area is 115 Å². The third-order valence-electron chi connectivity index (χ3n) is 3.18. The lowest BCUT2D eigenvalue weighted by atomic mass is 10.1. The van der Waals surface area contributed by atoms with Crippen molar-refractivity contribution in [2.45, 2.75) is 52.2 Å². The lowest BCUT2D eigenvalue weighted by molar-refractivity contribution is 0.108. The van der Waals surface area contributed by atoms with Crippen LogP contribution in [0.5, 0.6) is 0 Å². The number of methoxy groups -OCH3 is 1. The summed E-state index contributed by atoms with van der Waals surface area (Å²) in [6.45, 7) is 10.2. The number of nitrogens with two attached hydrogens (primary N) is 1. The van der Waals surface area contributed by atoms with Crippen LogP contribution >= 0.6 is 0 Å². The van der Waals surface area contributed by atoms with Crippen molar-refractivity contribution in [3.05, 3.63) is 11.7 Å². The van der Waals surface area contributed by atoms with Gasteiger partial charge in [-0.3, -0.25) is 4.90 Å². The molecule has 0 fully saturated rings. The summed E-state index contributed by atoms with van der Waals surface area (Å²) in [4.78, 5) is 6.63. The molecule has 0 aliphatic carbocycles. The molecule has 1 aromatic heterocycles. The minimum atomic E-state index is -0.574. The predicted molar refractivity (Wildman–Crippen MR) is 73.6 cm³/mol. The van der Waals surface area contributed by atoms with Gasteiger partial charge in [0, 0.05) is 19.7 Å². The Bertz CT molecular complexity index is 373. The Balaban J connectivity index is 2.70. The summed E-state index contributed by atoms with van der Waals surface area (Å²) in [6, 6.07) is 0.441. The third kappa shape index (κ3) is 4.89. The van der Waals surface area contributed by atoms with Crippen LogP contribution in [-0.4, -0.2) is 41.3 Å². The number of nitrogens with zero attached hydrogens (tertiary/aromatic N) is 3. The zero-order valence-corrected chi connectivity index (χ0v) is 12.6. The van der Waals surface area contributed by atoms with Crippen molar-refractivity contribution >= 4 is 0 Å². The second kappa shape index (κ2) is 6.98. The molecule has 0 saturated heterocycles. The molecule has 0 aliphatic rings. The molecule has 0 spiro atoms. The highest BCUT2D eigenvalue weighted by Gasteiger charge is 2.23. The lowest BCUT2D eigenvalue weighted by Gasteiger charge is -2.26. The first-order chi connectivity index (χ1) is 8.88. The normalized spacial score (nSPS) is 14.1. The van der Waals surface area contributed by atoms with E-state index in [2.05, 4.69) is 28.9 Å². The molecule has 1 aromatic rings. The van der Waals surface area contributed by atoms with Crippen molar-refractivity contribution in [3.8, 4) is 0 Å². The Morgan fingerprint density at radius 2 is 2.16 bits per heavy atom. The Hall–Kier alpha value is -0.980. The van der Waals surface area contributed by atoms with Gasteiger partial charge >= 0.3 is 0 Å². The summed E-state index contributed by atoms with van der Waals surface area (Å²) >= 11 is 0. The van der Waals surface area contributed by atoms with Crippen molar-refractivity contribution in [2.24, 2.45) is 5.73 Å². The highest BCUT2D eigenvalue weighted by Crippen LogP contribution is 2.15. The predicted octanol–water partition coefficient (Wildman–Crippen LogP) is 1.51. The van der Waals surface area contributed by atoms with E-state index in [0.717, 1.165) is 13.0 Å². The molecule has 0 radical (unpaired) electrons. The van der Waals surface area contributed by atoms with Crippen molar-refractivity contribution in [1.29, 1.82) is 0 Å². The average molecular weight is 270 g/mol. The van der Waals surface area contributed by atoms with E-state index in [0.29, 0.717) is 30.9 Å². The van der Waals surface area contributed by atoms with Crippen LogP contribution in [0.25, 0.3) is 0 Å². The van der Waals surface area contributed by atoms with Gasteiger partial charge in [0.25, 0.3) is 0 Å². The van der Waals surface area contributed by atoms with E-state index in [4.69, 9.17) is 15.0 Å². The molecule has 1 heterocycles. The summed E-state index contributed by atoms with van der Waals surface area (Å²) < 4.78 is 10.4. The zero-order valence-electron chi connectivity index (χ0n) is 12.6. The molecule has 0 bridgehead atoms. The SMILES string of the molecule is CCC(C)N(CCOC)Cc1nc(C(C)(C)N)no1. The van der Waals surface area contributed by atoms with Gasteiger partial charge < -0.3 is 15.0 Å². The monoisotopic (exact) mass is 270 g/mol. The lowest BCUT2D eigenvalue weighted by Crippen LogP contribution is -2.35. The number of rotatable bonds is 8. The van der Waals surface area contributed by atoms with Gasteiger partial charge in [0.2, 0.25) is 5.89 Å². The number of aromatic nitrogens is 2. The maximum atomic E-state index is 5.95. The quantitative estimate of drug-likeness (QED) is 0.771. The molecule has 0 amide bonds. The fraction of sp³-hybridized carbons (Fsp3) is 0.846. The molecule has 1 rings (SSSR count). The Morgan fingerprint density at radius 3 is 2.63 bits per heavy atom. The summed E-state index contributed by atoms with van der Waals surface area (Å²) in [5, 5.41) is 3.94. The van der Waals surface area contributed by atoms with Crippen molar-refractivity contribution in [3.63, 3.8) is 0 Å². The number of hydrogen-bond donors (Lipinski definition) is 1. The molecule has 110 valence electrons. The maximum absolute atomic E-state index is 5.95. The van der Waals surface area contributed by atoms with Crippen molar-refractivity contribution in [2.75, 3.05) is 20.3 Å². The van der Waals surface area contributed by atoms with Gasteiger partial charge in [-0.2, -0.15) is 4.98 Å². The van der Waals surface area contributed by atoms with Gasteiger partial charge in [0.1, 0.15) is 0 Å². The van der Waals surface area contributed by atoms with Crippen molar-refractivity contribution < 1.29 is 9.26 Å². The van der Waals surface area contributed by atoms with Gasteiger partial charge in [0.15, 0.2) is 5.82 Å². The minimum Gasteiger partial charge on any atom is -0.383 e. The van der Waals surface area contributed by atoms with Crippen LogP contribution in [0.1, 0.15) is 45.8 Å². The number of hydrogen-bond acceptors (Lipinski definition) is 6. The van der Waals surface area contributed by atoms with Gasteiger partial charge in [-0.15, -0.1) is 0 Å². The molecule has 1 atom stereocenters. The van der Waals surface area contributed by atoms with E-state index >= 15 is 0 Å². The summed E-state index contributed by atoms with van der Waals surface area (Å²) in [5.41, 5.74) is 5.37. The molecule has 0 aliphatic heterocycles. The maximum Gasteiger partial charge on any atom is 0.240 e. The molecule has 0 aromatic carbocycles. The summed E-state index contributed by atoms with van der Waals surface area (Å²) in [7, 11) is 1.70. The molecule has 2 N–H and O–H groups in total. The standard InChI is InChI=1S/C13H26N4O2/c1-6-10(2)17(7-8-18-5)9-11-15-12(16-19-11)13(3,4)14/h10H,6-9,14H2,1-5H3. The Kier molecular flexibility index (Phi) is 5.90. The molecule has 1 unspecified atom stereocenters. The zero-order chi connectivity index (χ0) is 14.5. The number of ether oxygens (including phenoxy) is 1. The topological polar surface area (TPSA) is 77.4 Å². The van der Waals surface area contributed by atoms with Crippen LogP contribution in [0.3, 0.4) is 0 Å². The second-order valence-corrected chi connectivity index (χ2v) is 5.45. The van der Waals surface area contributed by atoms with Gasteiger partial charge in [-0.1, -0.05) is 12.1 Å². The fourth-order valence-electron chi connectivity index (χ4n) is 1.68. The third-order valence-corrected chi connectivity index (χ3v) is 3.18. The molecule has 19 heavy (non-hydrogen) atoms. The second-order valence-electron chi connectivity index (χ2n) is 5.45. The van der Waals surface area contributed by atoms with Gasteiger partial charge in [0.05, 0.1) is 18.7 Å². The molecule has 6 heteroatoms. The minimum absolute atomic E-state index is 0.441. The van der Waals surface area contributed by atoms with E-state index in [9.17, 15) is 0 Å². The molecule has 6 nitrogen and oxygen atoms in total. The molecular weight excluding hydrogens is 244 g/mol. The van der Waals surface area contributed by atoms with Crippen LogP contribution < -0.4 is 5.73 Å². The van der Waals surface area contributed by atoms with E-state index in [1.807, 2.05) is 13.8 Å². The van der Waals surface area contributed by atoms with Gasteiger partial charge in [-0.25, -0.2) is 0 Å². The molecule has 0 saturated carbocycles. The van der Waals surface area contributed by atoms with Crippen LogP contribution in [0.4, 0.5) is 0 Å². The van der Waals surface area contributed by atoms with E-state index < -0.39 is 5.54 Å². The van der Waals surface area contributed by atoms with E-state index in [1.165, 1.54) is 0 Å². The average Bonchev–Trinajstić information content (AvgIpc) is 2.81. The van der Waals surface area contributed by atoms with E-state index in [1.54, 1.807) is 7.11 Å². The Morgan fingerprint density at radius 1 is 1.47 bits per heavy atom. The van der Waals surface area contributed by atoms with Crippen LogP contribution in [0.2, 0.25) is 0 Å². The van der Waals surface area contributed by atoms with Crippen LogP contribution in [0, 0.1) is 0 Å².